The number of rotatable bonds is 2. The summed E-state index contributed by atoms with van der Waals surface area (Å²) in [7, 11) is 0. The molecule has 1 atom stereocenters. The Morgan fingerprint density at radius 3 is 2.40 bits per heavy atom. The molecule has 0 amide bonds. The Morgan fingerprint density at radius 1 is 1.33 bits per heavy atom. The van der Waals surface area contributed by atoms with E-state index in [9.17, 15) is 18.3 Å². The van der Waals surface area contributed by atoms with Gasteiger partial charge in [0.1, 0.15) is 5.75 Å². The second kappa shape index (κ2) is 4.10. The van der Waals surface area contributed by atoms with Gasteiger partial charge in [-0.3, -0.25) is 0 Å². The Balaban J connectivity index is 3.06. The van der Waals surface area contributed by atoms with Crippen molar-refractivity contribution in [3.8, 4) is 5.75 Å². The minimum Gasteiger partial charge on any atom is -0.508 e. The normalized spacial score (nSPS) is 13.9. The molecule has 0 aliphatic rings. The SMILES string of the molecule is CCc1cc([C@@H](O)C(F)(F)F)ccc1O. The zero-order valence-corrected chi connectivity index (χ0v) is 8.04. The Morgan fingerprint density at radius 2 is 1.93 bits per heavy atom. The average Bonchev–Trinajstić information content (AvgIpc) is 2.16. The van der Waals surface area contributed by atoms with Crippen LogP contribution in [0.5, 0.6) is 5.75 Å². The van der Waals surface area contributed by atoms with Crippen molar-refractivity contribution in [2.75, 3.05) is 0 Å². The van der Waals surface area contributed by atoms with Crippen LogP contribution in [0.1, 0.15) is 24.2 Å². The number of alkyl halides is 3. The number of aliphatic hydroxyl groups excluding tert-OH is 1. The molecular weight excluding hydrogens is 209 g/mol. The van der Waals surface area contributed by atoms with Crippen LogP contribution < -0.4 is 0 Å². The van der Waals surface area contributed by atoms with Gasteiger partial charge < -0.3 is 10.2 Å². The van der Waals surface area contributed by atoms with Gasteiger partial charge in [-0.2, -0.15) is 13.2 Å². The largest absolute Gasteiger partial charge is 0.508 e. The Bertz CT molecular complexity index is 347. The zero-order chi connectivity index (χ0) is 11.6. The molecule has 0 unspecified atom stereocenters. The maximum atomic E-state index is 12.2. The Kier molecular flexibility index (Phi) is 3.24. The fourth-order valence-corrected chi connectivity index (χ4v) is 1.25. The van der Waals surface area contributed by atoms with Crippen LogP contribution in [0, 0.1) is 0 Å². The molecule has 2 nitrogen and oxygen atoms in total. The summed E-state index contributed by atoms with van der Waals surface area (Å²) in [6.45, 7) is 1.71. The number of hydrogen-bond acceptors (Lipinski definition) is 2. The molecule has 15 heavy (non-hydrogen) atoms. The second-order valence-corrected chi connectivity index (χ2v) is 3.19. The molecule has 5 heteroatoms. The van der Waals surface area contributed by atoms with Gasteiger partial charge in [-0.05, 0) is 29.7 Å². The van der Waals surface area contributed by atoms with Crippen molar-refractivity contribution in [1.82, 2.24) is 0 Å². The molecule has 0 aliphatic heterocycles. The maximum absolute atomic E-state index is 12.2. The fourth-order valence-electron chi connectivity index (χ4n) is 1.25. The average molecular weight is 220 g/mol. The molecule has 0 bridgehead atoms. The number of phenols is 1. The lowest BCUT2D eigenvalue weighted by Crippen LogP contribution is -2.20. The summed E-state index contributed by atoms with van der Waals surface area (Å²) in [5.41, 5.74) is 0.132. The van der Waals surface area contributed by atoms with E-state index in [4.69, 9.17) is 5.11 Å². The highest BCUT2D eigenvalue weighted by molar-refractivity contribution is 5.37. The van der Waals surface area contributed by atoms with Gasteiger partial charge in [-0.1, -0.05) is 13.0 Å². The van der Waals surface area contributed by atoms with Gasteiger partial charge in [0, 0.05) is 0 Å². The van der Waals surface area contributed by atoms with Crippen LogP contribution in [-0.4, -0.2) is 16.4 Å². The van der Waals surface area contributed by atoms with Crippen LogP contribution in [0.4, 0.5) is 13.2 Å². The van der Waals surface area contributed by atoms with Crippen molar-refractivity contribution >= 4 is 0 Å². The first-order valence-electron chi connectivity index (χ1n) is 4.42. The molecule has 1 aromatic rings. The fraction of sp³-hybridized carbons (Fsp3) is 0.400. The van der Waals surface area contributed by atoms with Crippen molar-refractivity contribution in [3.05, 3.63) is 29.3 Å². The highest BCUT2D eigenvalue weighted by Crippen LogP contribution is 2.34. The van der Waals surface area contributed by atoms with Crippen LogP contribution in [0.25, 0.3) is 0 Å². The van der Waals surface area contributed by atoms with Crippen LogP contribution in [0.2, 0.25) is 0 Å². The van der Waals surface area contributed by atoms with Gasteiger partial charge in [0.25, 0.3) is 0 Å². The number of halogens is 3. The lowest BCUT2D eigenvalue weighted by molar-refractivity contribution is -0.206. The number of aromatic hydroxyl groups is 1. The van der Waals surface area contributed by atoms with E-state index in [1.807, 2.05) is 0 Å². The topological polar surface area (TPSA) is 40.5 Å². The number of hydrogen-bond donors (Lipinski definition) is 2. The van der Waals surface area contributed by atoms with Gasteiger partial charge in [0.2, 0.25) is 0 Å². The third-order valence-electron chi connectivity index (χ3n) is 2.11. The molecule has 0 saturated heterocycles. The predicted octanol–water partition coefficient (Wildman–Crippen LogP) is 2.55. The molecule has 84 valence electrons. The van der Waals surface area contributed by atoms with Crippen molar-refractivity contribution in [2.45, 2.75) is 25.6 Å². The first kappa shape index (κ1) is 11.8. The minimum atomic E-state index is -4.68. The molecule has 0 fully saturated rings. The lowest BCUT2D eigenvalue weighted by Gasteiger charge is -2.15. The first-order valence-corrected chi connectivity index (χ1v) is 4.42. The molecule has 0 aliphatic carbocycles. The van der Waals surface area contributed by atoms with Crippen LogP contribution in [0.3, 0.4) is 0 Å². The van der Waals surface area contributed by atoms with Crippen molar-refractivity contribution in [3.63, 3.8) is 0 Å². The monoisotopic (exact) mass is 220 g/mol. The predicted molar refractivity (Wildman–Crippen MR) is 48.5 cm³/mol. The van der Waals surface area contributed by atoms with Crippen molar-refractivity contribution < 1.29 is 23.4 Å². The van der Waals surface area contributed by atoms with Crippen LogP contribution in [-0.2, 0) is 6.42 Å². The van der Waals surface area contributed by atoms with Crippen LogP contribution in [0.15, 0.2) is 18.2 Å². The number of benzene rings is 1. The van der Waals surface area contributed by atoms with Gasteiger partial charge in [-0.15, -0.1) is 0 Å². The van der Waals surface area contributed by atoms with Gasteiger partial charge >= 0.3 is 6.18 Å². The smallest absolute Gasteiger partial charge is 0.418 e. The number of aliphatic hydroxyl groups is 1. The third kappa shape index (κ3) is 2.62. The third-order valence-corrected chi connectivity index (χ3v) is 2.11. The van der Waals surface area contributed by atoms with E-state index in [0.29, 0.717) is 12.0 Å². The van der Waals surface area contributed by atoms with Gasteiger partial charge in [0.05, 0.1) is 0 Å². The molecule has 0 spiro atoms. The summed E-state index contributed by atoms with van der Waals surface area (Å²) in [5.74, 6) is -0.0596. The summed E-state index contributed by atoms with van der Waals surface area (Å²) in [6.07, 6.45) is -6.77. The highest BCUT2D eigenvalue weighted by Gasteiger charge is 2.39. The quantitative estimate of drug-likeness (QED) is 0.804. The minimum absolute atomic E-state index is 0.0596. The number of aryl methyl sites for hydroxylation is 1. The van der Waals surface area contributed by atoms with E-state index in [-0.39, 0.29) is 11.3 Å². The first-order chi connectivity index (χ1) is 6.86. The van der Waals surface area contributed by atoms with Gasteiger partial charge in [0.15, 0.2) is 6.10 Å². The second-order valence-electron chi connectivity index (χ2n) is 3.19. The van der Waals surface area contributed by atoms with Crippen LogP contribution >= 0.6 is 0 Å². The van der Waals surface area contributed by atoms with Gasteiger partial charge in [-0.25, -0.2) is 0 Å². The molecule has 0 radical (unpaired) electrons. The van der Waals surface area contributed by atoms with Crippen molar-refractivity contribution in [2.24, 2.45) is 0 Å². The molecular formula is C10H11F3O2. The summed E-state index contributed by atoms with van der Waals surface area (Å²) >= 11 is 0. The summed E-state index contributed by atoms with van der Waals surface area (Å²) in [6, 6.07) is 3.38. The zero-order valence-electron chi connectivity index (χ0n) is 8.04. The standard InChI is InChI=1S/C10H11F3O2/c1-2-6-5-7(3-4-8(6)14)9(15)10(11,12)13/h3-5,9,14-15H,2H2,1H3/t9-/m1/s1. The van der Waals surface area contributed by atoms with E-state index >= 15 is 0 Å². The molecule has 2 N–H and O–H groups in total. The number of phenolic OH excluding ortho intramolecular Hbond substituents is 1. The van der Waals surface area contributed by atoms with E-state index in [0.717, 1.165) is 18.2 Å². The van der Waals surface area contributed by atoms with Crippen molar-refractivity contribution in [1.29, 1.82) is 0 Å². The molecule has 0 saturated carbocycles. The van der Waals surface area contributed by atoms with E-state index < -0.39 is 12.3 Å². The van der Waals surface area contributed by atoms with E-state index in [2.05, 4.69) is 0 Å². The Labute approximate surface area is 85.0 Å². The summed E-state index contributed by atoms with van der Waals surface area (Å²) in [4.78, 5) is 0. The molecule has 1 rings (SSSR count). The molecule has 0 aromatic heterocycles. The summed E-state index contributed by atoms with van der Waals surface area (Å²) < 4.78 is 36.5. The Hall–Kier alpha value is -1.23. The maximum Gasteiger partial charge on any atom is 0.418 e. The van der Waals surface area contributed by atoms with E-state index in [1.54, 1.807) is 6.92 Å². The molecule has 1 aromatic carbocycles. The lowest BCUT2D eigenvalue weighted by atomic mass is 10.0. The molecule has 0 heterocycles. The summed E-state index contributed by atoms with van der Waals surface area (Å²) in [5, 5.41) is 18.2. The van der Waals surface area contributed by atoms with E-state index in [1.165, 1.54) is 0 Å². The highest BCUT2D eigenvalue weighted by atomic mass is 19.4.